The van der Waals surface area contributed by atoms with E-state index in [-0.39, 0.29) is 5.91 Å². The molecule has 6 nitrogen and oxygen atoms in total. The van der Waals surface area contributed by atoms with Crippen LogP contribution in [0.15, 0.2) is 48.7 Å². The molecule has 0 spiro atoms. The van der Waals surface area contributed by atoms with Crippen molar-refractivity contribution in [3.05, 3.63) is 59.8 Å². The van der Waals surface area contributed by atoms with Gasteiger partial charge in [-0.05, 0) is 36.2 Å². The molecule has 4 rings (SSSR count). The number of carbonyl (C=O) groups excluding carboxylic acids is 1. The number of amides is 1. The van der Waals surface area contributed by atoms with Crippen LogP contribution in [-0.4, -0.2) is 46.9 Å². The Morgan fingerprint density at radius 1 is 1.18 bits per heavy atom. The number of fused-ring (bicyclic) bond motifs is 1. The second kappa shape index (κ2) is 8.54. The molecule has 0 bridgehead atoms. The lowest BCUT2D eigenvalue weighted by Gasteiger charge is -2.26. The predicted molar refractivity (Wildman–Crippen MR) is 110 cm³/mol. The monoisotopic (exact) mass is 378 g/mol. The molecule has 0 radical (unpaired) electrons. The molecule has 2 heterocycles. The third-order valence-corrected chi connectivity index (χ3v) is 5.07. The first-order chi connectivity index (χ1) is 13.7. The number of morpholine rings is 1. The Balaban J connectivity index is 1.34. The molecule has 1 amide bonds. The van der Waals surface area contributed by atoms with Gasteiger partial charge in [-0.1, -0.05) is 24.3 Å². The van der Waals surface area contributed by atoms with Crippen molar-refractivity contribution in [1.82, 2.24) is 14.7 Å². The maximum Gasteiger partial charge on any atom is 0.226 e. The zero-order valence-corrected chi connectivity index (χ0v) is 16.2. The summed E-state index contributed by atoms with van der Waals surface area (Å²) in [6, 6.07) is 14.3. The minimum atomic E-state index is -0.000162. The number of nitrogens with zero attached hydrogens (tertiary/aromatic N) is 3. The van der Waals surface area contributed by atoms with E-state index in [2.05, 4.69) is 52.6 Å². The fraction of sp³-hybridized carbons (Fsp3) is 0.364. The van der Waals surface area contributed by atoms with Gasteiger partial charge < -0.3 is 10.1 Å². The Bertz CT molecular complexity index is 960. The normalized spacial score (nSPS) is 15.0. The van der Waals surface area contributed by atoms with Crippen molar-refractivity contribution in [1.29, 1.82) is 0 Å². The number of nitrogens with one attached hydrogen (secondary N) is 1. The average molecular weight is 378 g/mol. The van der Waals surface area contributed by atoms with Gasteiger partial charge in [0.25, 0.3) is 0 Å². The van der Waals surface area contributed by atoms with Crippen LogP contribution in [0.25, 0.3) is 10.9 Å². The molecule has 2 aromatic carbocycles. The van der Waals surface area contributed by atoms with Crippen molar-refractivity contribution in [2.24, 2.45) is 0 Å². The van der Waals surface area contributed by atoms with E-state index in [1.807, 2.05) is 23.0 Å². The summed E-state index contributed by atoms with van der Waals surface area (Å²) in [6.07, 6.45) is 2.24. The number of ether oxygens (including phenoxy) is 1. The molecule has 0 aliphatic carbocycles. The highest BCUT2D eigenvalue weighted by atomic mass is 16.5. The number of anilines is 1. The summed E-state index contributed by atoms with van der Waals surface area (Å²) < 4.78 is 7.30. The topological polar surface area (TPSA) is 59.4 Å². The quantitative estimate of drug-likeness (QED) is 0.716. The fourth-order valence-corrected chi connectivity index (χ4v) is 3.55. The van der Waals surface area contributed by atoms with Crippen LogP contribution in [-0.2, 0) is 22.6 Å². The van der Waals surface area contributed by atoms with E-state index >= 15 is 0 Å². The summed E-state index contributed by atoms with van der Waals surface area (Å²) in [7, 11) is 0. The number of hydrogen-bond acceptors (Lipinski definition) is 4. The van der Waals surface area contributed by atoms with Crippen LogP contribution in [0.5, 0.6) is 0 Å². The van der Waals surface area contributed by atoms with E-state index in [0.29, 0.717) is 13.0 Å². The van der Waals surface area contributed by atoms with Crippen LogP contribution in [0.4, 0.5) is 5.69 Å². The maximum atomic E-state index is 12.4. The van der Waals surface area contributed by atoms with Crippen molar-refractivity contribution in [2.45, 2.75) is 26.4 Å². The van der Waals surface area contributed by atoms with Crippen molar-refractivity contribution in [2.75, 3.05) is 31.6 Å². The Morgan fingerprint density at radius 3 is 2.89 bits per heavy atom. The van der Waals surface area contributed by atoms with Crippen molar-refractivity contribution < 1.29 is 9.53 Å². The second-order valence-corrected chi connectivity index (χ2v) is 7.32. The summed E-state index contributed by atoms with van der Waals surface area (Å²) in [5.74, 6) is -0.000162. The minimum Gasteiger partial charge on any atom is -0.379 e. The first kappa shape index (κ1) is 18.7. The van der Waals surface area contributed by atoms with Gasteiger partial charge in [0.15, 0.2) is 0 Å². The molecule has 0 saturated carbocycles. The summed E-state index contributed by atoms with van der Waals surface area (Å²) in [6.45, 7) is 6.99. The molecule has 1 N–H and O–H groups in total. The highest BCUT2D eigenvalue weighted by Crippen LogP contribution is 2.17. The Kier molecular flexibility index (Phi) is 5.69. The number of hydrogen-bond donors (Lipinski definition) is 1. The van der Waals surface area contributed by atoms with E-state index in [0.717, 1.165) is 49.4 Å². The lowest BCUT2D eigenvalue weighted by molar-refractivity contribution is -0.116. The van der Waals surface area contributed by atoms with Gasteiger partial charge in [0, 0.05) is 37.1 Å². The standard InChI is InChI=1S/C22H26N4O2/c1-17-5-6-19-15-23-26(21(19)13-17)8-7-22(27)24-20-4-2-3-18(14-20)16-25-9-11-28-12-10-25/h2-6,13-15H,7-12,16H2,1H3,(H,24,27). The van der Waals surface area contributed by atoms with Crippen LogP contribution >= 0.6 is 0 Å². The minimum absolute atomic E-state index is 0.000162. The molecule has 1 saturated heterocycles. The molecule has 1 aromatic heterocycles. The van der Waals surface area contributed by atoms with Gasteiger partial charge in [-0.3, -0.25) is 14.4 Å². The van der Waals surface area contributed by atoms with Crippen LogP contribution in [0.3, 0.4) is 0 Å². The Labute approximate surface area is 165 Å². The van der Waals surface area contributed by atoms with Gasteiger partial charge in [-0.25, -0.2) is 0 Å². The van der Waals surface area contributed by atoms with E-state index in [1.165, 1.54) is 11.1 Å². The summed E-state index contributed by atoms with van der Waals surface area (Å²) in [5, 5.41) is 8.53. The number of rotatable bonds is 6. The molecule has 1 aliphatic rings. The van der Waals surface area contributed by atoms with Gasteiger partial charge in [0.2, 0.25) is 5.91 Å². The van der Waals surface area contributed by atoms with Crippen LogP contribution in [0, 0.1) is 6.92 Å². The smallest absolute Gasteiger partial charge is 0.226 e. The number of aromatic nitrogens is 2. The summed E-state index contributed by atoms with van der Waals surface area (Å²) in [5.41, 5.74) is 4.31. The van der Waals surface area contributed by atoms with Gasteiger partial charge in [0.05, 0.1) is 31.5 Å². The van der Waals surface area contributed by atoms with Crippen LogP contribution < -0.4 is 5.32 Å². The lowest BCUT2D eigenvalue weighted by Crippen LogP contribution is -2.35. The van der Waals surface area contributed by atoms with E-state index < -0.39 is 0 Å². The third kappa shape index (κ3) is 4.58. The molecule has 28 heavy (non-hydrogen) atoms. The second-order valence-electron chi connectivity index (χ2n) is 7.32. The van der Waals surface area contributed by atoms with E-state index in [4.69, 9.17) is 4.74 Å². The first-order valence-corrected chi connectivity index (χ1v) is 9.78. The van der Waals surface area contributed by atoms with Crippen molar-refractivity contribution in [3.63, 3.8) is 0 Å². The molecule has 0 unspecified atom stereocenters. The number of aryl methyl sites for hydroxylation is 2. The van der Waals surface area contributed by atoms with Gasteiger partial charge in [-0.15, -0.1) is 0 Å². The SMILES string of the molecule is Cc1ccc2cnn(CCC(=O)Nc3cccc(CN4CCOCC4)c3)c2c1. The number of benzene rings is 2. The van der Waals surface area contributed by atoms with E-state index in [1.54, 1.807) is 0 Å². The molecule has 6 heteroatoms. The summed E-state index contributed by atoms with van der Waals surface area (Å²) in [4.78, 5) is 14.8. The summed E-state index contributed by atoms with van der Waals surface area (Å²) >= 11 is 0. The van der Waals surface area contributed by atoms with E-state index in [9.17, 15) is 4.79 Å². The van der Waals surface area contributed by atoms with Crippen LogP contribution in [0.2, 0.25) is 0 Å². The van der Waals surface area contributed by atoms with Crippen molar-refractivity contribution in [3.8, 4) is 0 Å². The molecule has 3 aromatic rings. The lowest BCUT2D eigenvalue weighted by atomic mass is 10.1. The predicted octanol–water partition coefficient (Wildman–Crippen LogP) is 3.21. The molecule has 1 aliphatic heterocycles. The zero-order valence-electron chi connectivity index (χ0n) is 16.2. The Hall–Kier alpha value is -2.70. The van der Waals surface area contributed by atoms with Gasteiger partial charge >= 0.3 is 0 Å². The Morgan fingerprint density at radius 2 is 2.04 bits per heavy atom. The largest absolute Gasteiger partial charge is 0.379 e. The zero-order chi connectivity index (χ0) is 19.3. The third-order valence-electron chi connectivity index (χ3n) is 5.07. The highest BCUT2D eigenvalue weighted by molar-refractivity contribution is 5.90. The molecular formula is C22H26N4O2. The van der Waals surface area contributed by atoms with Gasteiger partial charge in [-0.2, -0.15) is 5.10 Å². The average Bonchev–Trinajstić information content (AvgIpc) is 3.09. The van der Waals surface area contributed by atoms with Gasteiger partial charge in [0.1, 0.15) is 0 Å². The molecule has 1 fully saturated rings. The molecular weight excluding hydrogens is 352 g/mol. The van der Waals surface area contributed by atoms with Crippen molar-refractivity contribution >= 4 is 22.5 Å². The number of carbonyl (C=O) groups is 1. The fourth-order valence-electron chi connectivity index (χ4n) is 3.55. The first-order valence-electron chi connectivity index (χ1n) is 9.78. The highest BCUT2D eigenvalue weighted by Gasteiger charge is 2.11. The molecule has 146 valence electrons. The van der Waals surface area contributed by atoms with Crippen LogP contribution in [0.1, 0.15) is 17.5 Å². The maximum absolute atomic E-state index is 12.4. The molecule has 0 atom stereocenters.